The van der Waals surface area contributed by atoms with Crippen molar-refractivity contribution < 1.29 is 14.3 Å². The Hall–Kier alpha value is -1.76. The van der Waals surface area contributed by atoms with Crippen molar-refractivity contribution in [1.82, 2.24) is 14.8 Å². The second kappa shape index (κ2) is 8.09. The van der Waals surface area contributed by atoms with Gasteiger partial charge in [-0.2, -0.15) is 0 Å². The summed E-state index contributed by atoms with van der Waals surface area (Å²) in [7, 11) is 0. The van der Waals surface area contributed by atoms with E-state index in [0.717, 1.165) is 57.6 Å². The summed E-state index contributed by atoms with van der Waals surface area (Å²) in [6.07, 6.45) is 8.63. The summed E-state index contributed by atoms with van der Waals surface area (Å²) in [4.78, 5) is 22.0. The molecule has 2 saturated heterocycles. The van der Waals surface area contributed by atoms with Gasteiger partial charge >= 0.3 is 0 Å². The van der Waals surface area contributed by atoms with Crippen LogP contribution in [0.15, 0.2) is 36.2 Å². The number of hydrogen-bond acceptors (Lipinski definition) is 5. The molecule has 1 spiro atoms. The van der Waals surface area contributed by atoms with Gasteiger partial charge in [0.05, 0.1) is 25.4 Å². The highest BCUT2D eigenvalue weighted by molar-refractivity contribution is 5.83. The normalized spacial score (nSPS) is 24.5. The SMILES string of the molecule is CC1=CC2(CCN(C(=O)C(c3cccnc3)N3CCOCC3)CC2)OCC1. The number of amides is 1. The van der Waals surface area contributed by atoms with Gasteiger partial charge in [0.15, 0.2) is 0 Å². The predicted molar refractivity (Wildman–Crippen MR) is 102 cm³/mol. The second-order valence-electron chi connectivity index (χ2n) is 7.82. The van der Waals surface area contributed by atoms with Crippen molar-refractivity contribution in [2.24, 2.45) is 0 Å². The first-order valence-electron chi connectivity index (χ1n) is 10.00. The summed E-state index contributed by atoms with van der Waals surface area (Å²) >= 11 is 0. The monoisotopic (exact) mass is 371 g/mol. The largest absolute Gasteiger partial charge is 0.379 e. The van der Waals surface area contributed by atoms with Gasteiger partial charge < -0.3 is 14.4 Å². The zero-order valence-electron chi connectivity index (χ0n) is 16.1. The molecule has 146 valence electrons. The van der Waals surface area contributed by atoms with Crippen LogP contribution in [0.25, 0.3) is 0 Å². The van der Waals surface area contributed by atoms with Gasteiger partial charge in [-0.05, 0) is 37.8 Å². The molecule has 1 atom stereocenters. The van der Waals surface area contributed by atoms with E-state index in [9.17, 15) is 4.79 Å². The smallest absolute Gasteiger partial charge is 0.244 e. The van der Waals surface area contributed by atoms with Crippen LogP contribution in [-0.4, -0.2) is 72.3 Å². The average molecular weight is 371 g/mol. The standard InChI is InChI=1S/C21H29N3O3/c1-17-4-12-27-21(15-17)5-8-24(9-6-21)20(25)19(18-3-2-7-22-16-18)23-10-13-26-14-11-23/h2-3,7,15-16,19H,4-6,8-14H2,1H3. The van der Waals surface area contributed by atoms with Crippen molar-refractivity contribution in [3.8, 4) is 0 Å². The van der Waals surface area contributed by atoms with Gasteiger partial charge in [-0.25, -0.2) is 0 Å². The highest BCUT2D eigenvalue weighted by Gasteiger charge is 2.39. The van der Waals surface area contributed by atoms with Crippen LogP contribution in [-0.2, 0) is 14.3 Å². The van der Waals surface area contributed by atoms with Crippen molar-refractivity contribution in [3.63, 3.8) is 0 Å². The van der Waals surface area contributed by atoms with Crippen LogP contribution < -0.4 is 0 Å². The van der Waals surface area contributed by atoms with Crippen LogP contribution in [0.2, 0.25) is 0 Å². The van der Waals surface area contributed by atoms with Gasteiger partial charge in [0.2, 0.25) is 5.91 Å². The summed E-state index contributed by atoms with van der Waals surface area (Å²) < 4.78 is 11.6. The molecule has 2 fully saturated rings. The lowest BCUT2D eigenvalue weighted by molar-refractivity contribution is -0.144. The van der Waals surface area contributed by atoms with E-state index >= 15 is 0 Å². The van der Waals surface area contributed by atoms with Crippen LogP contribution in [0.3, 0.4) is 0 Å². The fourth-order valence-corrected chi connectivity index (χ4v) is 4.43. The number of ether oxygens (including phenoxy) is 2. The Morgan fingerprint density at radius 2 is 1.96 bits per heavy atom. The topological polar surface area (TPSA) is 54.9 Å². The minimum absolute atomic E-state index is 0.165. The number of hydrogen-bond donors (Lipinski definition) is 0. The molecular weight excluding hydrogens is 342 g/mol. The third kappa shape index (κ3) is 4.08. The number of morpholine rings is 1. The van der Waals surface area contributed by atoms with Crippen molar-refractivity contribution in [1.29, 1.82) is 0 Å². The molecule has 0 radical (unpaired) electrons. The molecule has 3 aliphatic rings. The van der Waals surface area contributed by atoms with E-state index in [1.807, 2.05) is 23.2 Å². The Balaban J connectivity index is 1.50. The average Bonchev–Trinajstić information content (AvgIpc) is 2.70. The van der Waals surface area contributed by atoms with Crippen molar-refractivity contribution in [2.45, 2.75) is 37.8 Å². The Bertz CT molecular complexity index is 677. The number of pyridine rings is 1. The molecule has 1 unspecified atom stereocenters. The zero-order chi connectivity index (χ0) is 18.7. The Kier molecular flexibility index (Phi) is 5.57. The molecule has 0 aliphatic carbocycles. The Morgan fingerprint density at radius 3 is 2.63 bits per heavy atom. The van der Waals surface area contributed by atoms with E-state index in [1.54, 1.807) is 6.20 Å². The Labute approximate surface area is 161 Å². The highest BCUT2D eigenvalue weighted by atomic mass is 16.5. The fourth-order valence-electron chi connectivity index (χ4n) is 4.43. The lowest BCUT2D eigenvalue weighted by Crippen LogP contribution is -2.52. The van der Waals surface area contributed by atoms with E-state index in [4.69, 9.17) is 9.47 Å². The van der Waals surface area contributed by atoms with E-state index in [-0.39, 0.29) is 17.6 Å². The third-order valence-corrected chi connectivity index (χ3v) is 5.96. The van der Waals surface area contributed by atoms with Gasteiger partial charge in [0.25, 0.3) is 0 Å². The number of nitrogens with zero attached hydrogens (tertiary/aromatic N) is 3. The number of rotatable bonds is 3. The number of carbonyl (C=O) groups excluding carboxylic acids is 1. The first-order valence-corrected chi connectivity index (χ1v) is 10.00. The molecule has 27 heavy (non-hydrogen) atoms. The summed E-state index contributed by atoms with van der Waals surface area (Å²) in [5, 5.41) is 0. The molecule has 3 aliphatic heterocycles. The minimum Gasteiger partial charge on any atom is -0.379 e. The van der Waals surface area contributed by atoms with Crippen LogP contribution in [0.4, 0.5) is 0 Å². The maximum Gasteiger partial charge on any atom is 0.244 e. The lowest BCUT2D eigenvalue weighted by Gasteiger charge is -2.44. The second-order valence-corrected chi connectivity index (χ2v) is 7.82. The molecule has 0 bridgehead atoms. The first-order chi connectivity index (χ1) is 13.2. The summed E-state index contributed by atoms with van der Waals surface area (Å²) in [5.74, 6) is 0.177. The summed E-state index contributed by atoms with van der Waals surface area (Å²) in [5.41, 5.74) is 2.21. The van der Waals surface area contributed by atoms with E-state index in [1.165, 1.54) is 5.57 Å². The molecule has 0 aromatic carbocycles. The number of aromatic nitrogens is 1. The lowest BCUT2D eigenvalue weighted by atomic mass is 9.86. The molecule has 1 aromatic heterocycles. The summed E-state index contributed by atoms with van der Waals surface area (Å²) in [6.45, 7) is 7.34. The van der Waals surface area contributed by atoms with Gasteiger partial charge in [-0.3, -0.25) is 14.7 Å². The van der Waals surface area contributed by atoms with E-state index < -0.39 is 0 Å². The van der Waals surface area contributed by atoms with E-state index in [2.05, 4.69) is 22.9 Å². The quantitative estimate of drug-likeness (QED) is 0.763. The molecule has 4 heterocycles. The van der Waals surface area contributed by atoms with Crippen LogP contribution in [0, 0.1) is 0 Å². The van der Waals surface area contributed by atoms with Gasteiger partial charge in [-0.15, -0.1) is 0 Å². The molecule has 1 aromatic rings. The zero-order valence-corrected chi connectivity index (χ0v) is 16.1. The van der Waals surface area contributed by atoms with Gasteiger partial charge in [-0.1, -0.05) is 17.7 Å². The molecule has 1 amide bonds. The maximum atomic E-state index is 13.5. The summed E-state index contributed by atoms with van der Waals surface area (Å²) in [6, 6.07) is 3.64. The van der Waals surface area contributed by atoms with Gasteiger partial charge in [0.1, 0.15) is 6.04 Å². The highest BCUT2D eigenvalue weighted by Crippen LogP contribution is 2.34. The van der Waals surface area contributed by atoms with Crippen LogP contribution >= 0.6 is 0 Å². The first kappa shape index (κ1) is 18.6. The Morgan fingerprint density at radius 1 is 1.19 bits per heavy atom. The fraction of sp³-hybridized carbons (Fsp3) is 0.619. The van der Waals surface area contributed by atoms with Gasteiger partial charge in [0, 0.05) is 38.6 Å². The number of carbonyl (C=O) groups is 1. The number of likely N-dealkylation sites (tertiary alicyclic amines) is 1. The molecule has 4 rings (SSSR count). The molecule has 0 saturated carbocycles. The molecule has 6 heteroatoms. The van der Waals surface area contributed by atoms with Crippen LogP contribution in [0.1, 0.15) is 37.8 Å². The minimum atomic E-state index is -0.277. The predicted octanol–water partition coefficient (Wildman–Crippen LogP) is 2.18. The number of piperidine rings is 1. The molecular formula is C21H29N3O3. The van der Waals surface area contributed by atoms with Crippen molar-refractivity contribution >= 4 is 5.91 Å². The molecule has 6 nitrogen and oxygen atoms in total. The van der Waals surface area contributed by atoms with Crippen LogP contribution in [0.5, 0.6) is 0 Å². The van der Waals surface area contributed by atoms with E-state index in [0.29, 0.717) is 13.2 Å². The van der Waals surface area contributed by atoms with Crippen molar-refractivity contribution in [3.05, 3.63) is 41.7 Å². The third-order valence-electron chi connectivity index (χ3n) is 5.96. The molecule has 0 N–H and O–H groups in total. The van der Waals surface area contributed by atoms with Crippen molar-refractivity contribution in [2.75, 3.05) is 46.0 Å². The maximum absolute atomic E-state index is 13.5.